The fraction of sp³-hybridized carbons (Fsp3) is 0.263. The van der Waals surface area contributed by atoms with E-state index in [0.29, 0.717) is 23.8 Å². The number of hydrogen-bond donors (Lipinski definition) is 0. The number of benzene rings is 2. The van der Waals surface area contributed by atoms with Crippen molar-refractivity contribution in [1.82, 2.24) is 9.88 Å². The molecule has 2 heterocycles. The van der Waals surface area contributed by atoms with E-state index in [1.165, 1.54) is 5.56 Å². The van der Waals surface area contributed by atoms with Gasteiger partial charge >= 0.3 is 0 Å². The smallest absolute Gasteiger partial charge is 0.279 e. The number of fused-ring (bicyclic) bond motifs is 1. The Morgan fingerprint density at radius 1 is 1.04 bits per heavy atom. The van der Waals surface area contributed by atoms with Crippen LogP contribution in [0.25, 0.3) is 10.2 Å². The molecule has 1 aromatic heterocycles. The van der Waals surface area contributed by atoms with E-state index in [1.807, 2.05) is 36.4 Å². The molecular weight excluding hydrogens is 320 g/mol. The highest BCUT2D eigenvalue weighted by Gasteiger charge is 2.16. The third kappa shape index (κ3) is 3.47. The maximum absolute atomic E-state index is 11.3. The molecule has 0 radical (unpaired) electrons. The van der Waals surface area contributed by atoms with Gasteiger partial charge in [0.15, 0.2) is 0 Å². The van der Waals surface area contributed by atoms with Gasteiger partial charge in [0.1, 0.15) is 11.5 Å². The van der Waals surface area contributed by atoms with Gasteiger partial charge in [0.2, 0.25) is 0 Å². The van der Waals surface area contributed by atoms with Crippen molar-refractivity contribution in [2.24, 2.45) is 0 Å². The Hall–Kier alpha value is -2.24. The Morgan fingerprint density at radius 3 is 2.54 bits per heavy atom. The van der Waals surface area contributed by atoms with Crippen LogP contribution in [0.3, 0.4) is 0 Å². The molecule has 0 bridgehead atoms. The van der Waals surface area contributed by atoms with Gasteiger partial charge in [0.05, 0.1) is 10.2 Å². The Kier molecular flexibility index (Phi) is 4.28. The van der Waals surface area contributed by atoms with Crippen LogP contribution in [0.2, 0.25) is 0 Å². The summed E-state index contributed by atoms with van der Waals surface area (Å²) in [6.07, 6.45) is 1.36. The molecule has 3 aromatic rings. The molecule has 1 fully saturated rings. The Morgan fingerprint density at radius 2 is 1.79 bits per heavy atom. The summed E-state index contributed by atoms with van der Waals surface area (Å²) < 4.78 is 7.00. The molecule has 1 aliphatic heterocycles. The minimum atomic E-state index is 0.380. The normalized spacial score (nSPS) is 15.8. The molecule has 24 heavy (non-hydrogen) atoms. The van der Waals surface area contributed by atoms with E-state index >= 15 is 0 Å². The van der Waals surface area contributed by atoms with Crippen molar-refractivity contribution in [3.8, 4) is 10.9 Å². The predicted molar refractivity (Wildman–Crippen MR) is 95.7 cm³/mol. The van der Waals surface area contributed by atoms with Gasteiger partial charge in [-0.25, -0.2) is 4.98 Å². The number of piperidine rings is 1. The maximum atomic E-state index is 11.3. The van der Waals surface area contributed by atoms with Crippen LogP contribution in [0.1, 0.15) is 18.4 Å². The molecule has 5 heteroatoms. The van der Waals surface area contributed by atoms with Crippen LogP contribution >= 0.6 is 11.3 Å². The lowest BCUT2D eigenvalue weighted by Gasteiger charge is -2.25. The summed E-state index contributed by atoms with van der Waals surface area (Å²) in [4.78, 5) is 18.1. The number of para-hydroxylation sites is 1. The lowest BCUT2D eigenvalue weighted by molar-refractivity contribution is -0.121. The molecule has 0 spiro atoms. The van der Waals surface area contributed by atoms with Crippen molar-refractivity contribution >= 4 is 27.3 Å². The van der Waals surface area contributed by atoms with E-state index in [-0.39, 0.29) is 0 Å². The van der Waals surface area contributed by atoms with E-state index in [9.17, 15) is 4.79 Å². The second-order valence-electron chi connectivity index (χ2n) is 6.01. The number of ether oxygens (including phenoxy) is 1. The zero-order valence-electron chi connectivity index (χ0n) is 13.3. The van der Waals surface area contributed by atoms with E-state index in [0.717, 1.165) is 35.6 Å². The summed E-state index contributed by atoms with van der Waals surface area (Å²) in [5.74, 6) is 1.18. The van der Waals surface area contributed by atoms with Crippen molar-refractivity contribution in [3.05, 3.63) is 54.1 Å². The largest absolute Gasteiger partial charge is 0.431 e. The highest BCUT2D eigenvalue weighted by Crippen LogP contribution is 2.31. The zero-order chi connectivity index (χ0) is 16.4. The van der Waals surface area contributed by atoms with E-state index in [2.05, 4.69) is 22.0 Å². The number of hydrogen-bond acceptors (Lipinski definition) is 5. The Bertz CT molecular complexity index is 814. The molecule has 0 aliphatic carbocycles. The number of Topliss-reactive ketones (excluding diaryl/α,β-unsaturated/α-hetero) is 1. The molecule has 4 rings (SSSR count). The van der Waals surface area contributed by atoms with Gasteiger partial charge in [-0.15, -0.1) is 0 Å². The summed E-state index contributed by atoms with van der Waals surface area (Å²) in [5.41, 5.74) is 2.20. The molecule has 0 saturated carbocycles. The second kappa shape index (κ2) is 6.71. The standard InChI is InChI=1S/C19H18N2O2S/c22-15-9-11-21(12-10-15)13-14-5-7-16(8-6-14)23-19-20-17-3-1-2-4-18(17)24-19/h1-8H,9-13H2. The van der Waals surface area contributed by atoms with Gasteiger partial charge in [-0.3, -0.25) is 9.69 Å². The molecule has 0 unspecified atom stereocenters. The van der Waals surface area contributed by atoms with Crippen LogP contribution in [0.4, 0.5) is 0 Å². The van der Waals surface area contributed by atoms with Crippen LogP contribution in [0, 0.1) is 0 Å². The number of rotatable bonds is 4. The van der Waals surface area contributed by atoms with Crippen LogP contribution in [-0.2, 0) is 11.3 Å². The first kappa shape index (κ1) is 15.3. The minimum absolute atomic E-state index is 0.380. The second-order valence-corrected chi connectivity index (χ2v) is 7.00. The first-order valence-corrected chi connectivity index (χ1v) is 8.94. The fourth-order valence-electron chi connectivity index (χ4n) is 2.88. The van der Waals surface area contributed by atoms with Crippen LogP contribution in [-0.4, -0.2) is 28.8 Å². The Labute approximate surface area is 144 Å². The lowest BCUT2D eigenvalue weighted by atomic mass is 10.1. The summed E-state index contributed by atoms with van der Waals surface area (Å²) in [5, 5.41) is 0.665. The number of likely N-dealkylation sites (tertiary alicyclic amines) is 1. The summed E-state index contributed by atoms with van der Waals surface area (Å²) in [6, 6.07) is 16.2. The van der Waals surface area contributed by atoms with E-state index in [4.69, 9.17) is 4.74 Å². The maximum Gasteiger partial charge on any atom is 0.279 e. The summed E-state index contributed by atoms with van der Waals surface area (Å²) in [7, 11) is 0. The molecular formula is C19H18N2O2S. The number of aromatic nitrogens is 1. The van der Waals surface area contributed by atoms with Gasteiger partial charge in [0, 0.05) is 32.5 Å². The van der Waals surface area contributed by atoms with Crippen molar-refractivity contribution in [2.75, 3.05) is 13.1 Å². The quantitative estimate of drug-likeness (QED) is 0.713. The number of thiazole rings is 1. The zero-order valence-corrected chi connectivity index (χ0v) is 14.1. The fourth-order valence-corrected chi connectivity index (χ4v) is 3.71. The SMILES string of the molecule is O=C1CCN(Cc2ccc(Oc3nc4ccccc4s3)cc2)CC1. The number of nitrogens with zero attached hydrogens (tertiary/aromatic N) is 2. The van der Waals surface area contributed by atoms with Gasteiger partial charge in [-0.05, 0) is 29.8 Å². The molecule has 0 atom stereocenters. The molecule has 0 amide bonds. The average molecular weight is 338 g/mol. The molecule has 1 aliphatic rings. The first-order chi connectivity index (χ1) is 11.8. The molecule has 0 N–H and O–H groups in total. The summed E-state index contributed by atoms with van der Waals surface area (Å²) in [6.45, 7) is 2.61. The van der Waals surface area contributed by atoms with Gasteiger partial charge in [-0.1, -0.05) is 35.6 Å². The van der Waals surface area contributed by atoms with Crippen molar-refractivity contribution < 1.29 is 9.53 Å². The lowest BCUT2D eigenvalue weighted by Crippen LogP contribution is -2.33. The molecule has 122 valence electrons. The first-order valence-electron chi connectivity index (χ1n) is 8.13. The number of ketones is 1. The Balaban J connectivity index is 1.41. The molecule has 2 aromatic carbocycles. The van der Waals surface area contributed by atoms with E-state index < -0.39 is 0 Å². The molecule has 4 nitrogen and oxygen atoms in total. The summed E-state index contributed by atoms with van der Waals surface area (Å²) >= 11 is 1.55. The predicted octanol–water partition coefficient (Wildman–Crippen LogP) is 4.25. The highest BCUT2D eigenvalue weighted by molar-refractivity contribution is 7.20. The third-order valence-electron chi connectivity index (χ3n) is 4.22. The number of carbonyl (C=O) groups is 1. The molecule has 1 saturated heterocycles. The van der Waals surface area contributed by atoms with Gasteiger partial charge in [-0.2, -0.15) is 0 Å². The highest BCUT2D eigenvalue weighted by atomic mass is 32.1. The van der Waals surface area contributed by atoms with Crippen LogP contribution < -0.4 is 4.74 Å². The topological polar surface area (TPSA) is 42.4 Å². The van der Waals surface area contributed by atoms with Crippen LogP contribution in [0.5, 0.6) is 10.9 Å². The van der Waals surface area contributed by atoms with Gasteiger partial charge in [0.25, 0.3) is 5.19 Å². The minimum Gasteiger partial charge on any atom is -0.431 e. The van der Waals surface area contributed by atoms with Crippen molar-refractivity contribution in [2.45, 2.75) is 19.4 Å². The van der Waals surface area contributed by atoms with Crippen molar-refractivity contribution in [1.29, 1.82) is 0 Å². The third-order valence-corrected chi connectivity index (χ3v) is 5.14. The monoisotopic (exact) mass is 338 g/mol. The average Bonchev–Trinajstić information content (AvgIpc) is 3.01. The van der Waals surface area contributed by atoms with E-state index in [1.54, 1.807) is 11.3 Å². The van der Waals surface area contributed by atoms with Crippen molar-refractivity contribution in [3.63, 3.8) is 0 Å². The van der Waals surface area contributed by atoms with Gasteiger partial charge < -0.3 is 4.74 Å². The number of carbonyl (C=O) groups excluding carboxylic acids is 1. The van der Waals surface area contributed by atoms with Crippen LogP contribution in [0.15, 0.2) is 48.5 Å².